The molecule has 3 aliphatic rings. The SMILES string of the molecule is CCC(C)[C@@H]1NC(=O)CNC(=O)[C@@H]2Cc3c([nH]c4cc(O)ccc34)S(=O)C[C@H](NC(=O)CNC1=O)C(=O)N[C@@H](CC(=O)O)C(=O)N1C[C@H](O)C[C@H]1C(=O)N[C@@H]([C@@H](C)CC)C(=O)N2. The second kappa shape index (κ2) is 20.2. The predicted molar refractivity (Wildman–Crippen MR) is 218 cm³/mol. The molecular weight excluding hydrogens is 835 g/mol. The van der Waals surface area contributed by atoms with Gasteiger partial charge in [0.1, 0.15) is 47.0 Å². The van der Waals surface area contributed by atoms with Crippen LogP contribution in [0.1, 0.15) is 58.9 Å². The predicted octanol–water partition coefficient (Wildman–Crippen LogP) is -3.26. The molecule has 1 fully saturated rings. The van der Waals surface area contributed by atoms with Gasteiger partial charge in [0, 0.05) is 30.8 Å². The summed E-state index contributed by atoms with van der Waals surface area (Å²) in [5.41, 5.74) is 0.368. The van der Waals surface area contributed by atoms with Crippen LogP contribution in [0.2, 0.25) is 0 Å². The third-order valence-corrected chi connectivity index (χ3v) is 12.8. The Labute approximate surface area is 357 Å². The molecule has 0 aliphatic carbocycles. The summed E-state index contributed by atoms with van der Waals surface area (Å²) in [6.07, 6.45) is -2.34. The molecule has 3 aliphatic heterocycles. The first-order valence-electron chi connectivity index (χ1n) is 20.3. The number of hydrogen-bond acceptors (Lipinski definition) is 12. The van der Waals surface area contributed by atoms with Crippen LogP contribution in [0, 0.1) is 11.8 Å². The van der Waals surface area contributed by atoms with Crippen molar-refractivity contribution in [1.82, 2.24) is 47.1 Å². The van der Waals surface area contributed by atoms with Gasteiger partial charge in [-0.25, -0.2) is 0 Å². The number of nitrogens with one attached hydrogen (secondary N) is 8. The number of aromatic nitrogens is 1. The minimum absolute atomic E-state index is 0.117. The van der Waals surface area contributed by atoms with Crippen molar-refractivity contribution in [2.24, 2.45) is 11.8 Å². The van der Waals surface area contributed by atoms with E-state index in [-0.39, 0.29) is 28.3 Å². The number of H-pyrrole nitrogens is 1. The average Bonchev–Trinajstić information content (AvgIpc) is 3.80. The van der Waals surface area contributed by atoms with Crippen molar-refractivity contribution in [3.05, 3.63) is 23.8 Å². The maximum absolute atomic E-state index is 14.5. The van der Waals surface area contributed by atoms with Gasteiger partial charge in [-0.3, -0.25) is 47.4 Å². The normalized spacial score (nSPS) is 28.5. The molecule has 2 aromatic rings. The van der Waals surface area contributed by atoms with Gasteiger partial charge in [0.2, 0.25) is 47.3 Å². The van der Waals surface area contributed by atoms with E-state index >= 15 is 0 Å². The first kappa shape index (κ1) is 47.0. The van der Waals surface area contributed by atoms with E-state index in [4.69, 9.17) is 0 Å². The van der Waals surface area contributed by atoms with Gasteiger partial charge in [-0.1, -0.05) is 40.5 Å². The quantitative estimate of drug-likeness (QED) is 0.136. The number of carboxylic acid groups (broad SMARTS) is 1. The molecule has 1 saturated heterocycles. The van der Waals surface area contributed by atoms with E-state index in [1.807, 2.05) is 0 Å². The Balaban J connectivity index is 1.72. The van der Waals surface area contributed by atoms with E-state index < -0.39 is 156 Å². The van der Waals surface area contributed by atoms with Crippen molar-refractivity contribution in [3.63, 3.8) is 0 Å². The lowest BCUT2D eigenvalue weighted by Gasteiger charge is -2.31. The molecule has 23 heteroatoms. The monoisotopic (exact) mass is 887 g/mol. The first-order chi connectivity index (χ1) is 29.3. The van der Waals surface area contributed by atoms with Gasteiger partial charge in [-0.05, 0) is 29.5 Å². The number of carbonyl (C=O) groups is 9. The van der Waals surface area contributed by atoms with Crippen LogP contribution < -0.4 is 37.2 Å². The van der Waals surface area contributed by atoms with E-state index in [1.54, 1.807) is 27.7 Å². The molecule has 338 valence electrons. The zero-order valence-corrected chi connectivity index (χ0v) is 35.4. The lowest BCUT2D eigenvalue weighted by molar-refractivity contribution is -0.146. The second-order valence-electron chi connectivity index (χ2n) is 15.9. The zero-order chi connectivity index (χ0) is 45.6. The molecule has 4 heterocycles. The zero-order valence-electron chi connectivity index (χ0n) is 34.6. The van der Waals surface area contributed by atoms with Gasteiger partial charge in [0.15, 0.2) is 0 Å². The minimum atomic E-state index is -2.34. The Morgan fingerprint density at radius 2 is 1.44 bits per heavy atom. The number of rotatable bonds is 6. The van der Waals surface area contributed by atoms with Gasteiger partial charge < -0.3 is 62.4 Å². The Bertz CT molecular complexity index is 2150. The molecule has 62 heavy (non-hydrogen) atoms. The van der Waals surface area contributed by atoms with Gasteiger partial charge in [0.05, 0.1) is 47.7 Å². The summed E-state index contributed by atoms with van der Waals surface area (Å²) in [5, 5.41) is 48.4. The molecule has 1 aromatic heterocycles. The van der Waals surface area contributed by atoms with Crippen molar-refractivity contribution in [3.8, 4) is 5.75 Å². The number of carbonyl (C=O) groups excluding carboxylic acids is 8. The molecule has 0 radical (unpaired) electrons. The highest BCUT2D eigenvalue weighted by molar-refractivity contribution is 7.85. The number of nitrogens with zero attached hydrogens (tertiary/aromatic N) is 1. The standard InChI is InChI=1S/C39H53N9O13S/c1-5-17(3)31-36(58)41-13-28(51)42-26-16-62(61)38-22(21-8-7-19(49)9-23(21)45-38)11-24(33(55)40-14-29(52)46-31)43-37(59)32(18(4)6-2)47-35(57)27-10-20(50)15-48(27)39(60)25(12-30(53)54)44-34(26)56/h7-9,17-18,20,24-27,31-32,45,49-50H,5-6,10-16H2,1-4H3,(H,40,55)(H,41,58)(H,42,51)(H,43,59)(H,44,56)(H,46,52)(H,47,57)(H,53,54)/t17?,18-,20+,24-,25-,26-,27-,31-,32-,62?/m0/s1. The van der Waals surface area contributed by atoms with Crippen LogP contribution >= 0.6 is 0 Å². The summed E-state index contributed by atoms with van der Waals surface area (Å²) in [6, 6.07) is -5.22. The molecule has 1 aromatic carbocycles. The number of aliphatic carboxylic acids is 1. The Morgan fingerprint density at radius 1 is 0.806 bits per heavy atom. The second-order valence-corrected chi connectivity index (χ2v) is 17.3. The van der Waals surface area contributed by atoms with E-state index in [2.05, 4.69) is 42.2 Å². The molecule has 22 nitrogen and oxygen atoms in total. The van der Waals surface area contributed by atoms with E-state index in [0.29, 0.717) is 18.2 Å². The smallest absolute Gasteiger partial charge is 0.305 e. The van der Waals surface area contributed by atoms with Gasteiger partial charge in [-0.2, -0.15) is 0 Å². The summed E-state index contributed by atoms with van der Waals surface area (Å²) >= 11 is 0. The number of aromatic hydroxyl groups is 1. The number of aliphatic hydroxyl groups is 1. The van der Waals surface area contributed by atoms with Crippen LogP contribution in [-0.4, -0.2) is 150 Å². The van der Waals surface area contributed by atoms with Crippen molar-refractivity contribution in [1.29, 1.82) is 0 Å². The molecule has 0 saturated carbocycles. The van der Waals surface area contributed by atoms with Gasteiger partial charge in [-0.15, -0.1) is 0 Å². The maximum Gasteiger partial charge on any atom is 0.305 e. The van der Waals surface area contributed by atoms with Crippen LogP contribution in [0.5, 0.6) is 5.75 Å². The number of carboxylic acids is 1. The fraction of sp³-hybridized carbons (Fsp3) is 0.564. The van der Waals surface area contributed by atoms with Crippen molar-refractivity contribution >= 4 is 74.9 Å². The lowest BCUT2D eigenvalue weighted by atomic mass is 9.96. The maximum atomic E-state index is 14.5. The highest BCUT2D eigenvalue weighted by Crippen LogP contribution is 2.30. The Morgan fingerprint density at radius 3 is 2.08 bits per heavy atom. The first-order valence-corrected chi connectivity index (χ1v) is 21.6. The molecule has 0 spiro atoms. The van der Waals surface area contributed by atoms with Crippen LogP contribution in [0.25, 0.3) is 10.9 Å². The number of aliphatic hydroxyl groups excluding tert-OH is 1. The van der Waals surface area contributed by atoms with Crippen LogP contribution in [0.4, 0.5) is 0 Å². The molecule has 11 N–H and O–H groups in total. The largest absolute Gasteiger partial charge is 0.508 e. The summed E-state index contributed by atoms with van der Waals surface area (Å²) in [5.74, 6) is -11.1. The highest BCUT2D eigenvalue weighted by atomic mass is 32.2. The molecule has 8 amide bonds. The number of aromatic amines is 1. The molecule has 5 rings (SSSR count). The van der Waals surface area contributed by atoms with Gasteiger partial charge in [0.25, 0.3) is 0 Å². The van der Waals surface area contributed by atoms with Crippen molar-refractivity contribution in [2.75, 3.05) is 25.4 Å². The summed E-state index contributed by atoms with van der Waals surface area (Å²) in [4.78, 5) is 127. The Kier molecular flexibility index (Phi) is 15.3. The third kappa shape index (κ3) is 11.0. The number of phenolic OH excluding ortho intramolecular Hbond substituents is 1. The topological polar surface area (TPSA) is 335 Å². The minimum Gasteiger partial charge on any atom is -0.508 e. The van der Waals surface area contributed by atoms with E-state index in [9.17, 15) is 62.7 Å². The molecule has 10 atom stereocenters. The number of fused-ring (bicyclic) bond motifs is 5. The van der Waals surface area contributed by atoms with Crippen LogP contribution in [-0.2, 0) is 60.4 Å². The molecule has 2 unspecified atom stereocenters. The Hall–Kier alpha value is -6.10. The fourth-order valence-corrected chi connectivity index (χ4v) is 8.95. The summed E-state index contributed by atoms with van der Waals surface area (Å²) in [7, 11) is -2.34. The molecular formula is C39H53N9O13S. The fourth-order valence-electron chi connectivity index (χ4n) is 7.55. The average molecular weight is 888 g/mol. The van der Waals surface area contributed by atoms with E-state index in [0.717, 1.165) is 4.90 Å². The van der Waals surface area contributed by atoms with Crippen molar-refractivity contribution < 1.29 is 62.7 Å². The van der Waals surface area contributed by atoms with E-state index in [1.165, 1.54) is 18.2 Å². The summed E-state index contributed by atoms with van der Waals surface area (Å²) < 4.78 is 14.5. The lowest BCUT2D eigenvalue weighted by Crippen LogP contribution is -2.61. The van der Waals surface area contributed by atoms with Crippen LogP contribution in [0.3, 0.4) is 0 Å². The number of phenols is 1. The summed E-state index contributed by atoms with van der Waals surface area (Å²) in [6.45, 7) is 4.90. The number of benzene rings is 1. The van der Waals surface area contributed by atoms with Crippen molar-refractivity contribution in [2.45, 2.75) is 107 Å². The molecule has 2 bridgehead atoms. The highest BCUT2D eigenvalue weighted by Gasteiger charge is 2.44. The van der Waals surface area contributed by atoms with Gasteiger partial charge >= 0.3 is 5.97 Å². The van der Waals surface area contributed by atoms with Crippen LogP contribution in [0.15, 0.2) is 23.2 Å². The third-order valence-electron chi connectivity index (χ3n) is 11.4. The number of amides is 8. The number of hydrogen-bond donors (Lipinski definition) is 11.